The summed E-state index contributed by atoms with van der Waals surface area (Å²) in [4.78, 5) is 19.0. The highest BCUT2D eigenvalue weighted by Crippen LogP contribution is 2.26. The number of halogens is 1. The molecule has 1 aliphatic rings. The quantitative estimate of drug-likeness (QED) is 0.331. The third kappa shape index (κ3) is 7.35. The molecule has 0 spiro atoms. The fraction of sp³-hybridized carbons (Fsp3) is 0.636. The Morgan fingerprint density at radius 2 is 2.10 bits per heavy atom. The lowest BCUT2D eigenvalue weighted by Gasteiger charge is -2.25. The summed E-state index contributed by atoms with van der Waals surface area (Å²) in [5.74, 6) is 1.94. The molecule has 1 fully saturated rings. The summed E-state index contributed by atoms with van der Waals surface area (Å²) < 4.78 is 5.36. The summed E-state index contributed by atoms with van der Waals surface area (Å²) in [5.41, 5.74) is 1.08. The number of likely N-dealkylation sites (tertiary alicyclic amines) is 1. The van der Waals surface area contributed by atoms with Gasteiger partial charge >= 0.3 is 0 Å². The molecule has 164 valence electrons. The number of carbonyl (C=O) groups is 1. The molecule has 2 N–H and O–H groups in total. The van der Waals surface area contributed by atoms with Gasteiger partial charge in [0.2, 0.25) is 5.91 Å². The number of nitrogens with one attached hydrogen (secondary N) is 2. The summed E-state index contributed by atoms with van der Waals surface area (Å²) in [7, 11) is 1.69. The van der Waals surface area contributed by atoms with Gasteiger partial charge in [0.05, 0.1) is 13.7 Å². The van der Waals surface area contributed by atoms with Crippen molar-refractivity contribution in [1.29, 1.82) is 0 Å². The molecule has 29 heavy (non-hydrogen) atoms. The van der Waals surface area contributed by atoms with Crippen molar-refractivity contribution in [3.63, 3.8) is 0 Å². The van der Waals surface area contributed by atoms with Crippen LogP contribution in [0.1, 0.15) is 46.6 Å². The van der Waals surface area contributed by atoms with E-state index < -0.39 is 0 Å². The van der Waals surface area contributed by atoms with Crippen molar-refractivity contribution in [3.8, 4) is 5.75 Å². The molecule has 0 bridgehead atoms. The smallest absolute Gasteiger partial charge is 0.225 e. The Morgan fingerprint density at radius 1 is 1.38 bits per heavy atom. The monoisotopic (exact) mass is 516 g/mol. The fourth-order valence-corrected chi connectivity index (χ4v) is 3.37. The van der Waals surface area contributed by atoms with Crippen LogP contribution in [0.4, 0.5) is 0 Å². The number of ether oxygens (including phenoxy) is 1. The number of carbonyl (C=O) groups excluding carboxylic acids is 1. The van der Waals surface area contributed by atoms with Crippen LogP contribution in [0.25, 0.3) is 0 Å². The van der Waals surface area contributed by atoms with E-state index in [0.29, 0.717) is 6.54 Å². The Hall–Kier alpha value is -1.51. The normalized spacial score (nSPS) is 17.1. The van der Waals surface area contributed by atoms with Crippen LogP contribution in [-0.2, 0) is 10.2 Å². The number of methoxy groups -OCH3 is 1. The third-order valence-electron chi connectivity index (χ3n) is 5.16. The predicted octanol–water partition coefficient (Wildman–Crippen LogP) is 3.40. The maximum absolute atomic E-state index is 12.2. The molecule has 6 nitrogen and oxygen atoms in total. The molecule has 0 aromatic heterocycles. The molecule has 1 heterocycles. The van der Waals surface area contributed by atoms with E-state index in [0.717, 1.165) is 37.8 Å². The number of aliphatic imine (C=N–C) groups is 1. The van der Waals surface area contributed by atoms with E-state index >= 15 is 0 Å². The van der Waals surface area contributed by atoms with Gasteiger partial charge in [-0.3, -0.25) is 9.79 Å². The van der Waals surface area contributed by atoms with E-state index in [9.17, 15) is 4.79 Å². The Labute approximate surface area is 192 Å². The molecular formula is C22H37IN4O2. The van der Waals surface area contributed by atoms with Gasteiger partial charge in [0, 0.05) is 37.0 Å². The van der Waals surface area contributed by atoms with Crippen LogP contribution in [0.5, 0.6) is 5.75 Å². The van der Waals surface area contributed by atoms with Gasteiger partial charge in [-0.2, -0.15) is 0 Å². The minimum atomic E-state index is -0.119. The maximum atomic E-state index is 12.2. The van der Waals surface area contributed by atoms with Gasteiger partial charge < -0.3 is 20.3 Å². The minimum absolute atomic E-state index is 0. The van der Waals surface area contributed by atoms with E-state index in [4.69, 9.17) is 9.73 Å². The first-order valence-corrected chi connectivity index (χ1v) is 10.2. The van der Waals surface area contributed by atoms with Gasteiger partial charge in [-0.05, 0) is 31.0 Å². The number of guanidine groups is 1. The first-order chi connectivity index (χ1) is 13.3. The summed E-state index contributed by atoms with van der Waals surface area (Å²) in [5, 5.41) is 6.84. The molecular weight excluding hydrogens is 479 g/mol. The van der Waals surface area contributed by atoms with E-state index in [2.05, 4.69) is 43.5 Å². The number of hydrogen-bond donors (Lipinski definition) is 2. The number of hydrogen-bond acceptors (Lipinski definition) is 3. The summed E-state index contributed by atoms with van der Waals surface area (Å²) in [6.07, 6.45) is 0.947. The van der Waals surface area contributed by atoms with Crippen molar-refractivity contribution >= 4 is 35.8 Å². The second-order valence-corrected chi connectivity index (χ2v) is 8.38. The van der Waals surface area contributed by atoms with Crippen LogP contribution < -0.4 is 15.4 Å². The van der Waals surface area contributed by atoms with Gasteiger partial charge in [-0.25, -0.2) is 0 Å². The number of rotatable bonds is 7. The van der Waals surface area contributed by atoms with E-state index in [-0.39, 0.29) is 47.3 Å². The molecule has 1 unspecified atom stereocenters. The lowest BCUT2D eigenvalue weighted by molar-refractivity contribution is -0.133. The number of amides is 1. The van der Waals surface area contributed by atoms with Gasteiger partial charge in [-0.1, -0.05) is 39.8 Å². The minimum Gasteiger partial charge on any atom is -0.497 e. The first kappa shape index (κ1) is 25.5. The van der Waals surface area contributed by atoms with E-state index in [1.54, 1.807) is 7.11 Å². The van der Waals surface area contributed by atoms with Crippen LogP contribution in [-0.4, -0.2) is 56.1 Å². The highest BCUT2D eigenvalue weighted by Gasteiger charge is 2.28. The van der Waals surface area contributed by atoms with Gasteiger partial charge in [0.15, 0.2) is 5.96 Å². The zero-order valence-electron chi connectivity index (χ0n) is 18.6. The molecule has 0 aliphatic carbocycles. The first-order valence-electron chi connectivity index (χ1n) is 10.2. The third-order valence-corrected chi connectivity index (χ3v) is 5.16. The second-order valence-electron chi connectivity index (χ2n) is 8.38. The van der Waals surface area contributed by atoms with Crippen molar-refractivity contribution in [2.45, 2.75) is 52.5 Å². The van der Waals surface area contributed by atoms with Crippen LogP contribution in [0.2, 0.25) is 0 Å². The highest BCUT2D eigenvalue weighted by molar-refractivity contribution is 14.0. The lowest BCUT2D eigenvalue weighted by atomic mass is 9.84. The molecule has 2 rings (SSSR count). The topological polar surface area (TPSA) is 66.0 Å². The van der Waals surface area contributed by atoms with Crippen molar-refractivity contribution < 1.29 is 9.53 Å². The zero-order valence-corrected chi connectivity index (χ0v) is 20.9. The molecule has 1 atom stereocenters. The largest absolute Gasteiger partial charge is 0.497 e. The van der Waals surface area contributed by atoms with Crippen molar-refractivity contribution in [3.05, 3.63) is 29.8 Å². The molecule has 1 amide bonds. The standard InChI is InChI=1S/C22H36N4O2.HI/c1-7-23-21(25-18-11-12-26(14-18)20(27)16(2)3)24-15-22(4,5)17-9-8-10-19(13-17)28-6;/h8-10,13,16,18H,7,11-12,14-15H2,1-6H3,(H2,23,24,25);1H. The maximum Gasteiger partial charge on any atom is 0.225 e. The number of nitrogens with zero attached hydrogens (tertiary/aromatic N) is 2. The average Bonchev–Trinajstić information content (AvgIpc) is 3.14. The van der Waals surface area contributed by atoms with Gasteiger partial charge in [-0.15, -0.1) is 24.0 Å². The molecule has 1 aromatic carbocycles. The molecule has 1 saturated heterocycles. The molecule has 7 heteroatoms. The molecule has 0 radical (unpaired) electrons. The van der Waals surface area contributed by atoms with Crippen molar-refractivity contribution in [2.24, 2.45) is 10.9 Å². The molecule has 1 aromatic rings. The molecule has 1 aliphatic heterocycles. The SMILES string of the molecule is CCNC(=NCC(C)(C)c1cccc(OC)c1)NC1CCN(C(=O)C(C)C)C1.I. The van der Waals surface area contributed by atoms with Gasteiger partial charge in [0.25, 0.3) is 0 Å². The Balaban J connectivity index is 0.00000420. The van der Waals surface area contributed by atoms with Crippen molar-refractivity contribution in [1.82, 2.24) is 15.5 Å². The Morgan fingerprint density at radius 3 is 2.72 bits per heavy atom. The van der Waals surface area contributed by atoms with E-state index in [1.807, 2.05) is 30.9 Å². The second kappa shape index (κ2) is 11.6. The Bertz CT molecular complexity index is 691. The zero-order chi connectivity index (χ0) is 20.7. The van der Waals surface area contributed by atoms with Crippen molar-refractivity contribution in [2.75, 3.05) is 33.3 Å². The highest BCUT2D eigenvalue weighted by atomic mass is 127. The fourth-order valence-electron chi connectivity index (χ4n) is 3.37. The Kier molecular flexibility index (Phi) is 10.2. The average molecular weight is 516 g/mol. The predicted molar refractivity (Wildman–Crippen MR) is 130 cm³/mol. The van der Waals surface area contributed by atoms with Crippen LogP contribution >= 0.6 is 24.0 Å². The van der Waals surface area contributed by atoms with Crippen LogP contribution in [0.3, 0.4) is 0 Å². The molecule has 0 saturated carbocycles. The van der Waals surface area contributed by atoms with Crippen LogP contribution in [0.15, 0.2) is 29.3 Å². The summed E-state index contributed by atoms with van der Waals surface area (Å²) in [6, 6.07) is 8.40. The van der Waals surface area contributed by atoms with Crippen LogP contribution in [0, 0.1) is 5.92 Å². The lowest BCUT2D eigenvalue weighted by Crippen LogP contribution is -2.45. The summed E-state index contributed by atoms with van der Waals surface area (Å²) >= 11 is 0. The van der Waals surface area contributed by atoms with Gasteiger partial charge in [0.1, 0.15) is 5.75 Å². The number of benzene rings is 1. The van der Waals surface area contributed by atoms with E-state index in [1.165, 1.54) is 5.56 Å². The summed E-state index contributed by atoms with van der Waals surface area (Å²) in [6.45, 7) is 13.3.